The molecule has 0 atom stereocenters. The number of carbonyl (C=O) groups is 2. The third-order valence-corrected chi connectivity index (χ3v) is 6.60. The predicted octanol–water partition coefficient (Wildman–Crippen LogP) is 4.36. The van der Waals surface area contributed by atoms with Gasteiger partial charge >= 0.3 is 0 Å². The van der Waals surface area contributed by atoms with Gasteiger partial charge < -0.3 is 24.1 Å². The lowest BCUT2D eigenvalue weighted by Crippen LogP contribution is -2.30. The smallest absolute Gasteiger partial charge is 0.224 e. The van der Waals surface area contributed by atoms with E-state index in [0.717, 1.165) is 11.1 Å². The Labute approximate surface area is 222 Å². The summed E-state index contributed by atoms with van der Waals surface area (Å²) in [5, 5.41) is 11.4. The summed E-state index contributed by atoms with van der Waals surface area (Å²) in [7, 11) is 3.19. The van der Waals surface area contributed by atoms with Gasteiger partial charge in [0.05, 0.1) is 38.4 Å². The fraction of sp³-hybridized carbons (Fsp3) is 0.379. The first-order valence-corrected chi connectivity index (χ1v) is 12.5. The highest BCUT2D eigenvalue weighted by atomic mass is 16.5. The second-order valence-electron chi connectivity index (χ2n) is 10.2. The van der Waals surface area contributed by atoms with E-state index in [4.69, 9.17) is 19.3 Å². The Morgan fingerprint density at radius 3 is 2.55 bits per heavy atom. The van der Waals surface area contributed by atoms with E-state index in [1.54, 1.807) is 31.3 Å². The number of nitrogens with zero attached hydrogens (tertiary/aromatic N) is 2. The molecular formula is C29H34N4O5. The van der Waals surface area contributed by atoms with Crippen LogP contribution in [0.3, 0.4) is 0 Å². The second kappa shape index (κ2) is 10.7. The maximum Gasteiger partial charge on any atom is 0.224 e. The van der Waals surface area contributed by atoms with Gasteiger partial charge in [-0.15, -0.1) is 0 Å². The maximum absolute atomic E-state index is 13.6. The Hall–Kier alpha value is -4.14. The summed E-state index contributed by atoms with van der Waals surface area (Å²) in [6, 6.07) is 7.33. The Morgan fingerprint density at radius 1 is 1.18 bits per heavy atom. The number of amides is 1. The first kappa shape index (κ1) is 26.9. The molecule has 0 unspecified atom stereocenters. The fourth-order valence-electron chi connectivity index (χ4n) is 4.66. The molecule has 0 saturated heterocycles. The number of amidine groups is 1. The molecule has 2 N–H and O–H groups in total. The quantitative estimate of drug-likeness (QED) is 0.404. The minimum atomic E-state index is -0.302. The zero-order valence-electron chi connectivity index (χ0n) is 22.7. The number of aromatic nitrogens is 1. The molecule has 0 fully saturated rings. The Balaban J connectivity index is 1.66. The molecule has 3 aromatic rings. The second-order valence-corrected chi connectivity index (χ2v) is 10.2. The van der Waals surface area contributed by atoms with Gasteiger partial charge in [-0.05, 0) is 42.2 Å². The molecule has 0 aliphatic carbocycles. The predicted molar refractivity (Wildman–Crippen MR) is 144 cm³/mol. The lowest BCUT2D eigenvalue weighted by Gasteiger charge is -2.25. The number of Topliss-reactive ketones (excluding diaryl/α,β-unsaturated/α-hetero) is 1. The lowest BCUT2D eigenvalue weighted by molar-refractivity contribution is -0.119. The molecule has 0 radical (unpaired) electrons. The molecule has 1 aliphatic rings. The van der Waals surface area contributed by atoms with Gasteiger partial charge in [0.15, 0.2) is 17.9 Å². The van der Waals surface area contributed by atoms with E-state index < -0.39 is 0 Å². The number of likely N-dealkylation sites (N-methyl/N-ethyl adjacent to an activating group) is 1. The van der Waals surface area contributed by atoms with Gasteiger partial charge in [-0.3, -0.25) is 15.0 Å². The molecule has 200 valence electrons. The Morgan fingerprint density at radius 2 is 1.95 bits per heavy atom. The van der Waals surface area contributed by atoms with E-state index in [1.807, 2.05) is 25.1 Å². The van der Waals surface area contributed by atoms with Crippen molar-refractivity contribution in [3.8, 4) is 22.8 Å². The largest absolute Gasteiger partial charge is 0.496 e. The van der Waals surface area contributed by atoms with Gasteiger partial charge in [-0.1, -0.05) is 20.8 Å². The van der Waals surface area contributed by atoms with Crippen LogP contribution in [0.15, 0.2) is 41.3 Å². The van der Waals surface area contributed by atoms with Crippen LogP contribution in [0.5, 0.6) is 11.5 Å². The van der Waals surface area contributed by atoms with Crippen LogP contribution in [0.25, 0.3) is 11.3 Å². The van der Waals surface area contributed by atoms with Crippen molar-refractivity contribution in [3.05, 3.63) is 64.7 Å². The number of ether oxygens (including phenoxy) is 2. The Bertz CT molecular complexity index is 1370. The fourth-order valence-corrected chi connectivity index (χ4v) is 4.66. The van der Waals surface area contributed by atoms with Crippen molar-refractivity contribution in [1.82, 2.24) is 15.2 Å². The van der Waals surface area contributed by atoms with Crippen molar-refractivity contribution in [2.45, 2.75) is 46.1 Å². The number of oxazole rings is 1. The van der Waals surface area contributed by atoms with Crippen LogP contribution in [0.1, 0.15) is 60.3 Å². The van der Waals surface area contributed by atoms with Gasteiger partial charge in [0.2, 0.25) is 5.91 Å². The van der Waals surface area contributed by atoms with Crippen LogP contribution in [0.4, 0.5) is 0 Å². The molecule has 1 aliphatic heterocycles. The van der Waals surface area contributed by atoms with Gasteiger partial charge in [0, 0.05) is 35.8 Å². The summed E-state index contributed by atoms with van der Waals surface area (Å²) in [5.41, 5.74) is 4.03. The topological polar surface area (TPSA) is 118 Å². The summed E-state index contributed by atoms with van der Waals surface area (Å²) >= 11 is 0. The highest BCUT2D eigenvalue weighted by Gasteiger charge is 2.30. The number of hydrogen-bond donors (Lipinski definition) is 2. The average Bonchev–Trinajstić information content (AvgIpc) is 3.51. The number of ketones is 1. The first-order valence-electron chi connectivity index (χ1n) is 12.5. The first-order chi connectivity index (χ1) is 18.1. The molecule has 0 spiro atoms. The highest BCUT2D eigenvalue weighted by Crippen LogP contribution is 2.40. The molecule has 0 bridgehead atoms. The van der Waals surface area contributed by atoms with E-state index >= 15 is 0 Å². The van der Waals surface area contributed by atoms with E-state index in [9.17, 15) is 9.59 Å². The maximum atomic E-state index is 13.6. The normalized spacial score (nSPS) is 12.9. The monoisotopic (exact) mass is 518 g/mol. The Kier molecular flexibility index (Phi) is 7.57. The summed E-state index contributed by atoms with van der Waals surface area (Å²) in [4.78, 5) is 31.4. The molecular weight excluding hydrogens is 484 g/mol. The summed E-state index contributed by atoms with van der Waals surface area (Å²) < 4.78 is 17.1. The van der Waals surface area contributed by atoms with E-state index in [1.165, 1.54) is 6.39 Å². The molecule has 4 rings (SSSR count). The van der Waals surface area contributed by atoms with Crippen molar-refractivity contribution in [3.63, 3.8) is 0 Å². The van der Waals surface area contributed by atoms with Gasteiger partial charge in [0.1, 0.15) is 17.3 Å². The van der Waals surface area contributed by atoms with Crippen LogP contribution in [-0.4, -0.2) is 54.7 Å². The van der Waals surface area contributed by atoms with Crippen LogP contribution in [-0.2, 0) is 23.2 Å². The molecule has 0 saturated carbocycles. The molecule has 1 aromatic heterocycles. The van der Waals surface area contributed by atoms with Crippen molar-refractivity contribution >= 4 is 17.5 Å². The van der Waals surface area contributed by atoms with Gasteiger partial charge in [-0.25, -0.2) is 4.98 Å². The summed E-state index contributed by atoms with van der Waals surface area (Å²) in [6.07, 6.45) is 3.09. The number of benzene rings is 2. The molecule has 2 aromatic carbocycles. The minimum absolute atomic E-state index is 0.0218. The summed E-state index contributed by atoms with van der Waals surface area (Å²) in [6.45, 7) is 8.94. The molecule has 38 heavy (non-hydrogen) atoms. The SMILES string of the molecule is CCOc1cc2c(cc1CC(=O)NC)C(=N)N(CC(=O)c1cc(-c3cnco3)c(OC)c(C(C)(C)C)c1)C2. The number of nitrogens with one attached hydrogen (secondary N) is 2. The summed E-state index contributed by atoms with van der Waals surface area (Å²) in [5.74, 6) is 1.74. The highest BCUT2D eigenvalue weighted by molar-refractivity contribution is 6.06. The minimum Gasteiger partial charge on any atom is -0.496 e. The van der Waals surface area contributed by atoms with Crippen LogP contribution in [0, 0.1) is 5.41 Å². The van der Waals surface area contributed by atoms with Crippen LogP contribution in [0.2, 0.25) is 0 Å². The number of methoxy groups -OCH3 is 1. The number of rotatable bonds is 9. The van der Waals surface area contributed by atoms with Crippen molar-refractivity contribution in [2.75, 3.05) is 27.3 Å². The standard InChI is InChI=1S/C29H34N4O5/c1-7-37-24-11-19-14-33(28(30)20(19)9-18(24)12-26(35)31-5)15-23(34)17-8-21(25-13-32-16-38-25)27(36-6)22(10-17)29(2,3)4/h8-11,13,16,30H,7,12,14-15H2,1-6H3,(H,31,35). The third-order valence-electron chi connectivity index (χ3n) is 6.60. The van der Waals surface area contributed by atoms with E-state index in [-0.39, 0.29) is 35.9 Å². The molecule has 9 heteroatoms. The zero-order chi connectivity index (χ0) is 27.6. The molecule has 2 heterocycles. The average molecular weight is 519 g/mol. The van der Waals surface area contributed by atoms with E-state index in [2.05, 4.69) is 31.1 Å². The van der Waals surface area contributed by atoms with Crippen LogP contribution >= 0.6 is 0 Å². The zero-order valence-corrected chi connectivity index (χ0v) is 22.7. The van der Waals surface area contributed by atoms with Gasteiger partial charge in [0.25, 0.3) is 0 Å². The number of fused-ring (bicyclic) bond motifs is 1. The third kappa shape index (κ3) is 5.27. The van der Waals surface area contributed by atoms with Gasteiger partial charge in [-0.2, -0.15) is 0 Å². The lowest BCUT2D eigenvalue weighted by atomic mass is 9.83. The van der Waals surface area contributed by atoms with Crippen molar-refractivity contribution in [2.24, 2.45) is 0 Å². The van der Waals surface area contributed by atoms with Crippen LogP contribution < -0.4 is 14.8 Å². The number of hydrogen-bond acceptors (Lipinski definition) is 7. The molecule has 9 nitrogen and oxygen atoms in total. The number of carbonyl (C=O) groups excluding carboxylic acids is 2. The van der Waals surface area contributed by atoms with Crippen molar-refractivity contribution in [1.29, 1.82) is 5.41 Å². The van der Waals surface area contributed by atoms with Crippen molar-refractivity contribution < 1.29 is 23.5 Å². The van der Waals surface area contributed by atoms with E-state index in [0.29, 0.717) is 52.7 Å². The molecule has 1 amide bonds.